The normalized spacial score (nSPS) is 10.0. The third kappa shape index (κ3) is 2.74. The van der Waals surface area contributed by atoms with E-state index in [4.69, 9.17) is 16.3 Å². The highest BCUT2D eigenvalue weighted by molar-refractivity contribution is 6.30. The van der Waals surface area contributed by atoms with Crippen molar-refractivity contribution in [3.63, 3.8) is 0 Å². The quantitative estimate of drug-likeness (QED) is 0.728. The molecule has 0 saturated carbocycles. The summed E-state index contributed by atoms with van der Waals surface area (Å²) >= 11 is 5.85. The SMILES string of the molecule is [CH2]c1cccc(Oc2cccc(Cl)c2)c1. The zero-order valence-corrected chi connectivity index (χ0v) is 8.87. The van der Waals surface area contributed by atoms with E-state index in [1.165, 1.54) is 0 Å². The summed E-state index contributed by atoms with van der Waals surface area (Å²) in [6.07, 6.45) is 0. The summed E-state index contributed by atoms with van der Waals surface area (Å²) in [6.45, 7) is 3.83. The molecule has 0 unspecified atom stereocenters. The second-order valence-electron chi connectivity index (χ2n) is 3.21. The Kier molecular flexibility index (Phi) is 2.93. The molecule has 0 bridgehead atoms. The molecule has 2 aromatic carbocycles. The van der Waals surface area contributed by atoms with Crippen LogP contribution in [0.2, 0.25) is 5.02 Å². The van der Waals surface area contributed by atoms with Gasteiger partial charge >= 0.3 is 0 Å². The van der Waals surface area contributed by atoms with E-state index in [0.717, 1.165) is 17.1 Å². The van der Waals surface area contributed by atoms with Crippen LogP contribution in [0.15, 0.2) is 48.5 Å². The molecule has 0 aliphatic heterocycles. The third-order valence-electron chi connectivity index (χ3n) is 1.93. The Morgan fingerprint density at radius 2 is 1.60 bits per heavy atom. The van der Waals surface area contributed by atoms with Crippen molar-refractivity contribution in [1.29, 1.82) is 0 Å². The molecule has 0 spiro atoms. The second-order valence-corrected chi connectivity index (χ2v) is 3.64. The molecule has 0 atom stereocenters. The summed E-state index contributed by atoms with van der Waals surface area (Å²) < 4.78 is 5.62. The van der Waals surface area contributed by atoms with Gasteiger partial charge in [-0.15, -0.1) is 0 Å². The minimum atomic E-state index is 0.665. The van der Waals surface area contributed by atoms with Gasteiger partial charge in [0.15, 0.2) is 0 Å². The smallest absolute Gasteiger partial charge is 0.128 e. The highest BCUT2D eigenvalue weighted by atomic mass is 35.5. The zero-order chi connectivity index (χ0) is 10.7. The molecule has 2 rings (SSSR count). The monoisotopic (exact) mass is 217 g/mol. The Bertz CT molecular complexity index is 422. The molecular formula is C13H10ClO. The van der Waals surface area contributed by atoms with Gasteiger partial charge in [0.25, 0.3) is 0 Å². The van der Waals surface area contributed by atoms with Gasteiger partial charge in [-0.1, -0.05) is 29.8 Å². The number of hydrogen-bond donors (Lipinski definition) is 0. The maximum atomic E-state index is 5.85. The lowest BCUT2D eigenvalue weighted by molar-refractivity contribution is 0.482. The van der Waals surface area contributed by atoms with Gasteiger partial charge in [-0.25, -0.2) is 0 Å². The van der Waals surface area contributed by atoms with Crippen LogP contribution < -0.4 is 4.74 Å². The first-order chi connectivity index (χ1) is 7.24. The van der Waals surface area contributed by atoms with Gasteiger partial charge in [0.2, 0.25) is 0 Å². The Balaban J connectivity index is 2.22. The molecule has 1 nitrogen and oxygen atoms in total. The summed E-state index contributed by atoms with van der Waals surface area (Å²) in [5, 5.41) is 0.665. The molecule has 0 heterocycles. The number of ether oxygens (including phenoxy) is 1. The number of halogens is 1. The van der Waals surface area contributed by atoms with Crippen molar-refractivity contribution < 1.29 is 4.74 Å². The molecule has 0 amide bonds. The van der Waals surface area contributed by atoms with Crippen molar-refractivity contribution in [2.75, 3.05) is 0 Å². The standard InChI is InChI=1S/C13H10ClO/c1-10-4-2-6-12(8-10)15-13-7-3-5-11(14)9-13/h2-9H,1H2. The lowest BCUT2D eigenvalue weighted by Gasteiger charge is -2.06. The van der Waals surface area contributed by atoms with Gasteiger partial charge in [0, 0.05) is 5.02 Å². The molecule has 0 aliphatic rings. The van der Waals surface area contributed by atoms with Gasteiger partial charge < -0.3 is 4.74 Å². The van der Waals surface area contributed by atoms with Crippen molar-refractivity contribution in [1.82, 2.24) is 0 Å². The molecule has 15 heavy (non-hydrogen) atoms. The maximum absolute atomic E-state index is 5.85. The van der Waals surface area contributed by atoms with Gasteiger partial charge in [-0.2, -0.15) is 0 Å². The van der Waals surface area contributed by atoms with Gasteiger partial charge in [-0.3, -0.25) is 0 Å². The molecule has 0 saturated heterocycles. The van der Waals surface area contributed by atoms with Crippen LogP contribution in [0.3, 0.4) is 0 Å². The summed E-state index contributed by atoms with van der Waals surface area (Å²) in [6, 6.07) is 14.9. The molecule has 75 valence electrons. The van der Waals surface area contributed by atoms with Crippen LogP contribution in [0, 0.1) is 6.92 Å². The van der Waals surface area contributed by atoms with E-state index in [1.54, 1.807) is 6.07 Å². The van der Waals surface area contributed by atoms with E-state index >= 15 is 0 Å². The minimum Gasteiger partial charge on any atom is -0.457 e. The fraction of sp³-hybridized carbons (Fsp3) is 0. The molecule has 0 aliphatic carbocycles. The van der Waals surface area contributed by atoms with Crippen LogP contribution in [-0.2, 0) is 0 Å². The highest BCUT2D eigenvalue weighted by Crippen LogP contribution is 2.24. The van der Waals surface area contributed by atoms with Crippen molar-refractivity contribution >= 4 is 11.6 Å². The average molecular weight is 218 g/mol. The summed E-state index contributed by atoms with van der Waals surface area (Å²) in [5.74, 6) is 1.50. The van der Waals surface area contributed by atoms with E-state index in [9.17, 15) is 0 Å². The first-order valence-electron chi connectivity index (χ1n) is 4.59. The Morgan fingerprint density at radius 3 is 2.27 bits per heavy atom. The predicted molar refractivity (Wildman–Crippen MR) is 62.4 cm³/mol. The largest absolute Gasteiger partial charge is 0.457 e. The molecule has 1 radical (unpaired) electrons. The summed E-state index contributed by atoms with van der Waals surface area (Å²) in [5.41, 5.74) is 0.925. The van der Waals surface area contributed by atoms with Crippen LogP contribution in [0.25, 0.3) is 0 Å². The van der Waals surface area contributed by atoms with E-state index in [0.29, 0.717) is 5.02 Å². The highest BCUT2D eigenvalue weighted by Gasteiger charge is 1.97. The molecule has 2 heteroatoms. The van der Waals surface area contributed by atoms with Crippen LogP contribution >= 0.6 is 11.6 Å². The Hall–Kier alpha value is -1.47. The Morgan fingerprint density at radius 1 is 0.933 bits per heavy atom. The molecule has 2 aromatic rings. The number of hydrogen-bond acceptors (Lipinski definition) is 1. The van der Waals surface area contributed by atoms with E-state index in [1.807, 2.05) is 42.5 Å². The van der Waals surface area contributed by atoms with Crippen molar-refractivity contribution in [2.24, 2.45) is 0 Å². The molecule has 0 N–H and O–H groups in total. The Labute approximate surface area is 94.3 Å². The lowest BCUT2D eigenvalue weighted by atomic mass is 10.2. The van der Waals surface area contributed by atoms with E-state index in [-0.39, 0.29) is 0 Å². The second kappa shape index (κ2) is 4.37. The fourth-order valence-corrected chi connectivity index (χ4v) is 1.46. The predicted octanol–water partition coefficient (Wildman–Crippen LogP) is 4.31. The van der Waals surface area contributed by atoms with E-state index < -0.39 is 0 Å². The first kappa shape index (κ1) is 10.1. The van der Waals surface area contributed by atoms with Crippen LogP contribution in [0.4, 0.5) is 0 Å². The van der Waals surface area contributed by atoms with Crippen molar-refractivity contribution in [2.45, 2.75) is 0 Å². The maximum Gasteiger partial charge on any atom is 0.128 e. The summed E-state index contributed by atoms with van der Waals surface area (Å²) in [4.78, 5) is 0. The minimum absolute atomic E-state index is 0.665. The average Bonchev–Trinajstić information content (AvgIpc) is 2.17. The third-order valence-corrected chi connectivity index (χ3v) is 2.17. The summed E-state index contributed by atoms with van der Waals surface area (Å²) in [7, 11) is 0. The number of benzene rings is 2. The van der Waals surface area contributed by atoms with Crippen LogP contribution in [0.1, 0.15) is 5.56 Å². The molecule has 0 aromatic heterocycles. The zero-order valence-electron chi connectivity index (χ0n) is 8.11. The topological polar surface area (TPSA) is 9.23 Å². The van der Waals surface area contributed by atoms with Crippen molar-refractivity contribution in [3.8, 4) is 11.5 Å². The molecular weight excluding hydrogens is 208 g/mol. The van der Waals surface area contributed by atoms with Gasteiger partial charge in [0.05, 0.1) is 0 Å². The van der Waals surface area contributed by atoms with Gasteiger partial charge in [0.1, 0.15) is 11.5 Å². The van der Waals surface area contributed by atoms with E-state index in [2.05, 4.69) is 6.92 Å². The fourth-order valence-electron chi connectivity index (χ4n) is 1.28. The van der Waals surface area contributed by atoms with Crippen LogP contribution in [0.5, 0.6) is 11.5 Å². The van der Waals surface area contributed by atoms with Crippen LogP contribution in [-0.4, -0.2) is 0 Å². The lowest BCUT2D eigenvalue weighted by Crippen LogP contribution is -1.84. The van der Waals surface area contributed by atoms with Crippen molar-refractivity contribution in [3.05, 3.63) is 66.0 Å². The first-order valence-corrected chi connectivity index (χ1v) is 4.97. The molecule has 0 fully saturated rings. The van der Waals surface area contributed by atoms with Gasteiger partial charge in [-0.05, 0) is 42.8 Å². The number of rotatable bonds is 2.